The molecule has 0 spiro atoms. The first-order chi connectivity index (χ1) is 8.92. The van der Waals surface area contributed by atoms with E-state index in [0.717, 1.165) is 43.9 Å². The Morgan fingerprint density at radius 3 is 2.84 bits per heavy atom. The molecule has 1 aromatic heterocycles. The van der Waals surface area contributed by atoms with Crippen molar-refractivity contribution in [2.45, 2.75) is 45.7 Å². The van der Waals surface area contributed by atoms with E-state index in [1.165, 1.54) is 11.9 Å². The van der Waals surface area contributed by atoms with Gasteiger partial charge in [-0.15, -0.1) is 0 Å². The molecule has 108 valence electrons. The van der Waals surface area contributed by atoms with E-state index in [-0.39, 0.29) is 11.8 Å². The average molecular weight is 285 g/mol. The first kappa shape index (κ1) is 14.5. The number of imidazole rings is 1. The zero-order valence-electron chi connectivity index (χ0n) is 11.9. The highest BCUT2D eigenvalue weighted by Gasteiger charge is 2.24. The second kappa shape index (κ2) is 5.63. The Balaban J connectivity index is 2.38. The number of aryl methyl sites for hydroxylation is 1. The van der Waals surface area contributed by atoms with Gasteiger partial charge in [-0.1, -0.05) is 6.92 Å². The lowest BCUT2D eigenvalue weighted by molar-refractivity contribution is 0.515. The summed E-state index contributed by atoms with van der Waals surface area (Å²) in [7, 11) is -2.97. The average Bonchev–Trinajstić information content (AvgIpc) is 2.65. The number of hydrogen-bond donors (Lipinski definition) is 1. The Morgan fingerprint density at radius 1 is 1.47 bits per heavy atom. The van der Waals surface area contributed by atoms with Crippen LogP contribution in [0.3, 0.4) is 0 Å². The van der Waals surface area contributed by atoms with Gasteiger partial charge in [-0.05, 0) is 13.3 Å². The summed E-state index contributed by atoms with van der Waals surface area (Å²) in [6, 6.07) is -0.0362. The molecule has 2 heterocycles. The smallest absolute Gasteiger partial charge is 0.149 e. The van der Waals surface area contributed by atoms with E-state index in [9.17, 15) is 8.42 Å². The maximum Gasteiger partial charge on any atom is 0.149 e. The van der Waals surface area contributed by atoms with Crippen molar-refractivity contribution in [2.75, 3.05) is 18.6 Å². The van der Waals surface area contributed by atoms with Crippen LogP contribution in [0.2, 0.25) is 0 Å². The number of nitrogens with zero attached hydrogens (tertiary/aromatic N) is 2. The molecule has 5 nitrogen and oxygen atoms in total. The van der Waals surface area contributed by atoms with E-state index in [1.54, 1.807) is 0 Å². The molecule has 1 unspecified atom stereocenters. The summed E-state index contributed by atoms with van der Waals surface area (Å²) >= 11 is 0. The summed E-state index contributed by atoms with van der Waals surface area (Å²) in [4.78, 5) is 4.70. The molecule has 0 fully saturated rings. The lowest BCUT2D eigenvalue weighted by Crippen LogP contribution is -2.27. The van der Waals surface area contributed by atoms with Crippen molar-refractivity contribution in [3.05, 3.63) is 17.2 Å². The second-order valence-corrected chi connectivity index (χ2v) is 7.59. The number of fused-ring (bicyclic) bond motifs is 1. The van der Waals surface area contributed by atoms with Crippen LogP contribution in [0.25, 0.3) is 0 Å². The highest BCUT2D eigenvalue weighted by Crippen LogP contribution is 2.23. The number of hydrogen-bond acceptors (Lipinski definition) is 4. The summed E-state index contributed by atoms with van der Waals surface area (Å²) in [6.45, 7) is 5.84. The fourth-order valence-electron chi connectivity index (χ4n) is 2.82. The Labute approximate surface area is 115 Å². The van der Waals surface area contributed by atoms with Crippen molar-refractivity contribution in [1.82, 2.24) is 14.9 Å². The maximum absolute atomic E-state index is 11.5. The SMILES string of the molecule is CCCc1nc2c(n1C(C)CS(C)(=O)=O)CCNC2. The predicted octanol–water partition coefficient (Wildman–Crippen LogP) is 1.09. The van der Waals surface area contributed by atoms with Crippen molar-refractivity contribution in [2.24, 2.45) is 0 Å². The second-order valence-electron chi connectivity index (χ2n) is 5.41. The first-order valence-electron chi connectivity index (χ1n) is 6.89. The van der Waals surface area contributed by atoms with E-state index in [4.69, 9.17) is 4.98 Å². The van der Waals surface area contributed by atoms with Gasteiger partial charge in [-0.25, -0.2) is 13.4 Å². The lowest BCUT2D eigenvalue weighted by Gasteiger charge is -2.21. The standard InChI is InChI=1S/C13H23N3O2S/c1-4-5-13-15-11-8-14-7-6-12(11)16(13)10(2)9-19(3,17)18/h10,14H,4-9H2,1-3H3. The molecular formula is C13H23N3O2S. The summed E-state index contributed by atoms with van der Waals surface area (Å²) in [5.41, 5.74) is 2.31. The van der Waals surface area contributed by atoms with E-state index >= 15 is 0 Å². The number of aromatic nitrogens is 2. The molecule has 0 radical (unpaired) electrons. The fraction of sp³-hybridized carbons (Fsp3) is 0.769. The molecule has 0 amide bonds. The third-order valence-corrected chi connectivity index (χ3v) is 4.54. The molecule has 19 heavy (non-hydrogen) atoms. The van der Waals surface area contributed by atoms with E-state index in [2.05, 4.69) is 16.8 Å². The Hall–Kier alpha value is -0.880. The normalized spacial score (nSPS) is 17.2. The Morgan fingerprint density at radius 2 is 2.21 bits per heavy atom. The lowest BCUT2D eigenvalue weighted by atomic mass is 10.1. The molecule has 0 saturated carbocycles. The highest BCUT2D eigenvalue weighted by atomic mass is 32.2. The van der Waals surface area contributed by atoms with Crippen LogP contribution in [0.1, 0.15) is 43.5 Å². The third kappa shape index (κ3) is 3.36. The van der Waals surface area contributed by atoms with Crippen molar-refractivity contribution in [3.8, 4) is 0 Å². The quantitative estimate of drug-likeness (QED) is 0.879. The van der Waals surface area contributed by atoms with Crippen LogP contribution < -0.4 is 5.32 Å². The molecule has 1 N–H and O–H groups in total. The van der Waals surface area contributed by atoms with Crippen LogP contribution in [0, 0.1) is 0 Å². The van der Waals surface area contributed by atoms with Gasteiger partial charge >= 0.3 is 0 Å². The van der Waals surface area contributed by atoms with Crippen LogP contribution in [0.4, 0.5) is 0 Å². The van der Waals surface area contributed by atoms with Crippen LogP contribution in [-0.2, 0) is 29.2 Å². The Bertz CT molecular complexity index is 548. The molecule has 1 atom stereocenters. The third-order valence-electron chi connectivity index (χ3n) is 3.46. The monoisotopic (exact) mass is 285 g/mol. The van der Waals surface area contributed by atoms with Gasteiger partial charge in [0.15, 0.2) is 0 Å². The zero-order valence-corrected chi connectivity index (χ0v) is 12.8. The van der Waals surface area contributed by atoms with Gasteiger partial charge in [0.2, 0.25) is 0 Å². The van der Waals surface area contributed by atoms with Crippen LogP contribution in [0.5, 0.6) is 0 Å². The first-order valence-corrected chi connectivity index (χ1v) is 8.95. The predicted molar refractivity (Wildman–Crippen MR) is 76.1 cm³/mol. The fourth-order valence-corrected chi connectivity index (χ4v) is 3.85. The van der Waals surface area contributed by atoms with Crippen LogP contribution in [-0.4, -0.2) is 36.5 Å². The van der Waals surface area contributed by atoms with Gasteiger partial charge in [0.1, 0.15) is 15.7 Å². The minimum atomic E-state index is -2.97. The highest BCUT2D eigenvalue weighted by molar-refractivity contribution is 7.90. The number of rotatable bonds is 5. The topological polar surface area (TPSA) is 64.0 Å². The molecule has 2 rings (SSSR count). The van der Waals surface area contributed by atoms with Gasteiger partial charge < -0.3 is 9.88 Å². The van der Waals surface area contributed by atoms with Crippen LogP contribution >= 0.6 is 0 Å². The Kier molecular flexibility index (Phi) is 4.30. The molecule has 0 saturated heterocycles. The van der Waals surface area contributed by atoms with E-state index in [0.29, 0.717) is 0 Å². The minimum absolute atomic E-state index is 0.0362. The van der Waals surface area contributed by atoms with Gasteiger partial charge in [0, 0.05) is 43.9 Å². The van der Waals surface area contributed by atoms with Crippen molar-refractivity contribution >= 4 is 9.84 Å². The minimum Gasteiger partial charge on any atom is -0.328 e. The molecular weight excluding hydrogens is 262 g/mol. The maximum atomic E-state index is 11.5. The number of nitrogens with one attached hydrogen (secondary N) is 1. The number of sulfone groups is 1. The van der Waals surface area contributed by atoms with Gasteiger partial charge in [-0.2, -0.15) is 0 Å². The van der Waals surface area contributed by atoms with E-state index in [1.807, 2.05) is 6.92 Å². The molecule has 0 aromatic carbocycles. The summed E-state index contributed by atoms with van der Waals surface area (Å²) in [5, 5.41) is 3.32. The van der Waals surface area contributed by atoms with Crippen molar-refractivity contribution < 1.29 is 8.42 Å². The molecule has 1 aliphatic heterocycles. The van der Waals surface area contributed by atoms with Crippen LogP contribution in [0.15, 0.2) is 0 Å². The van der Waals surface area contributed by atoms with Gasteiger partial charge in [-0.3, -0.25) is 0 Å². The molecule has 1 aromatic rings. The molecule has 6 heteroatoms. The molecule has 0 bridgehead atoms. The molecule has 1 aliphatic rings. The van der Waals surface area contributed by atoms with Gasteiger partial charge in [0.25, 0.3) is 0 Å². The summed E-state index contributed by atoms with van der Waals surface area (Å²) in [5.74, 6) is 1.22. The summed E-state index contributed by atoms with van der Waals surface area (Å²) < 4.78 is 25.2. The van der Waals surface area contributed by atoms with Crippen molar-refractivity contribution in [1.29, 1.82) is 0 Å². The van der Waals surface area contributed by atoms with Crippen molar-refractivity contribution in [3.63, 3.8) is 0 Å². The van der Waals surface area contributed by atoms with E-state index < -0.39 is 9.84 Å². The largest absolute Gasteiger partial charge is 0.328 e. The molecule has 0 aliphatic carbocycles. The van der Waals surface area contributed by atoms with Gasteiger partial charge in [0.05, 0.1) is 11.4 Å². The zero-order chi connectivity index (χ0) is 14.0. The summed E-state index contributed by atoms with van der Waals surface area (Å²) in [6.07, 6.45) is 4.16.